The molecule has 0 aliphatic carbocycles. The molecule has 0 bridgehead atoms. The third-order valence-electron chi connectivity index (χ3n) is 6.52. The quantitative estimate of drug-likeness (QED) is 0.350. The Morgan fingerprint density at radius 1 is 0.914 bits per heavy atom. The summed E-state index contributed by atoms with van der Waals surface area (Å²) in [5.74, 6) is 0.668. The number of hydrogen-bond donors (Lipinski definition) is 2. The van der Waals surface area contributed by atoms with Crippen molar-refractivity contribution in [1.82, 2.24) is 40.0 Å². The van der Waals surface area contributed by atoms with Gasteiger partial charge in [0.05, 0.1) is 22.4 Å². The van der Waals surface area contributed by atoms with Crippen LogP contribution in [0.15, 0.2) is 59.7 Å². The maximum absolute atomic E-state index is 4.98. The molecule has 0 saturated carbocycles. The summed E-state index contributed by atoms with van der Waals surface area (Å²) < 4.78 is 0. The molecule has 0 aromatic carbocycles. The molecule has 0 radical (unpaired) electrons. The molecule has 8 nitrogen and oxygen atoms in total. The second-order valence-corrected chi connectivity index (χ2v) is 9.66. The highest BCUT2D eigenvalue weighted by Gasteiger charge is 2.18. The Kier molecular flexibility index (Phi) is 4.88. The first-order chi connectivity index (χ1) is 17.3. The first kappa shape index (κ1) is 20.4. The van der Waals surface area contributed by atoms with E-state index in [1.54, 1.807) is 17.5 Å². The summed E-state index contributed by atoms with van der Waals surface area (Å²) in [4.78, 5) is 24.8. The number of imidazole rings is 1. The predicted molar refractivity (Wildman–Crippen MR) is 138 cm³/mol. The van der Waals surface area contributed by atoms with E-state index in [0.717, 1.165) is 64.2 Å². The number of pyridine rings is 3. The van der Waals surface area contributed by atoms with E-state index in [9.17, 15) is 0 Å². The maximum atomic E-state index is 4.98. The average molecular weight is 479 g/mol. The molecule has 2 N–H and O–H groups in total. The summed E-state index contributed by atoms with van der Waals surface area (Å²) in [6.07, 6.45) is 8.19. The summed E-state index contributed by atoms with van der Waals surface area (Å²) >= 11 is 1.65. The fourth-order valence-electron chi connectivity index (χ4n) is 4.80. The Bertz CT molecular complexity index is 1640. The van der Waals surface area contributed by atoms with Gasteiger partial charge in [0.2, 0.25) is 0 Å². The Morgan fingerprint density at radius 3 is 2.71 bits per heavy atom. The van der Waals surface area contributed by atoms with E-state index in [2.05, 4.69) is 47.6 Å². The SMILES string of the molecule is c1cc2[nH]c(-c3n[nH]c4ccc(-c5cncc(CN6CCCC6)c5)nc34)nc2c(-c2ccsc2)n1. The van der Waals surface area contributed by atoms with Gasteiger partial charge < -0.3 is 4.98 Å². The molecule has 172 valence electrons. The van der Waals surface area contributed by atoms with Crippen LogP contribution in [0.25, 0.3) is 56.1 Å². The molecule has 1 saturated heterocycles. The molecule has 0 unspecified atom stereocenters. The number of likely N-dealkylation sites (tertiary alicyclic amines) is 1. The lowest BCUT2D eigenvalue weighted by Gasteiger charge is -2.14. The molecule has 9 heteroatoms. The minimum Gasteiger partial charge on any atom is -0.336 e. The molecular weight excluding hydrogens is 456 g/mol. The lowest BCUT2D eigenvalue weighted by atomic mass is 10.1. The zero-order valence-electron chi connectivity index (χ0n) is 18.9. The normalized spacial score (nSPS) is 14.4. The smallest absolute Gasteiger partial charge is 0.161 e. The largest absolute Gasteiger partial charge is 0.336 e. The zero-order chi connectivity index (χ0) is 23.2. The highest BCUT2D eigenvalue weighted by Crippen LogP contribution is 2.31. The molecule has 0 atom stereocenters. The lowest BCUT2D eigenvalue weighted by Crippen LogP contribution is -2.18. The minimum absolute atomic E-state index is 0.668. The highest BCUT2D eigenvalue weighted by molar-refractivity contribution is 7.08. The van der Waals surface area contributed by atoms with Crippen LogP contribution in [-0.4, -0.2) is 53.1 Å². The summed E-state index contributed by atoms with van der Waals surface area (Å²) in [5.41, 5.74) is 9.08. The van der Waals surface area contributed by atoms with Crippen LogP contribution in [0.1, 0.15) is 18.4 Å². The molecular formula is C26H22N8S. The molecule has 6 aromatic heterocycles. The van der Waals surface area contributed by atoms with E-state index >= 15 is 0 Å². The van der Waals surface area contributed by atoms with Crippen molar-refractivity contribution in [3.8, 4) is 34.0 Å². The number of aromatic nitrogens is 7. The second-order valence-electron chi connectivity index (χ2n) is 8.88. The van der Waals surface area contributed by atoms with Crippen molar-refractivity contribution in [2.75, 3.05) is 13.1 Å². The van der Waals surface area contributed by atoms with Crippen LogP contribution in [0.3, 0.4) is 0 Å². The Morgan fingerprint density at radius 2 is 1.83 bits per heavy atom. The molecule has 6 aromatic rings. The molecule has 1 aliphatic heterocycles. The molecule has 1 fully saturated rings. The van der Waals surface area contributed by atoms with Gasteiger partial charge in [0.15, 0.2) is 11.5 Å². The van der Waals surface area contributed by atoms with Gasteiger partial charge in [-0.3, -0.25) is 20.0 Å². The van der Waals surface area contributed by atoms with E-state index in [4.69, 9.17) is 9.97 Å². The second kappa shape index (κ2) is 8.37. The van der Waals surface area contributed by atoms with E-state index in [-0.39, 0.29) is 0 Å². The van der Waals surface area contributed by atoms with E-state index in [1.165, 1.54) is 18.4 Å². The molecule has 1 aliphatic rings. The highest BCUT2D eigenvalue weighted by atomic mass is 32.1. The summed E-state index contributed by atoms with van der Waals surface area (Å²) in [6.45, 7) is 3.25. The molecule has 0 amide bonds. The number of nitrogens with one attached hydrogen (secondary N) is 2. The Balaban J connectivity index is 1.28. The lowest BCUT2D eigenvalue weighted by molar-refractivity contribution is 0.331. The number of hydrogen-bond acceptors (Lipinski definition) is 7. The zero-order valence-corrected chi connectivity index (χ0v) is 19.7. The van der Waals surface area contributed by atoms with Crippen molar-refractivity contribution in [1.29, 1.82) is 0 Å². The molecule has 7 heterocycles. The average Bonchev–Trinajstić information content (AvgIpc) is 3.70. The van der Waals surface area contributed by atoms with Crippen molar-refractivity contribution in [3.63, 3.8) is 0 Å². The third kappa shape index (κ3) is 3.69. The standard InChI is InChI=1S/C26H22N8S/c1-2-9-34(8-1)14-16-11-18(13-27-12-16)19-3-4-21-24(29-19)25(33-32-21)26-30-20-5-7-28-22(23(20)31-26)17-6-10-35-15-17/h3-7,10-13,15H,1-2,8-9,14H2,(H,30,31)(H,32,33). The fraction of sp³-hybridized carbons (Fsp3) is 0.192. The van der Waals surface area contributed by atoms with E-state index in [1.807, 2.05) is 36.0 Å². The van der Waals surface area contributed by atoms with Crippen LogP contribution >= 0.6 is 11.3 Å². The number of thiophene rings is 1. The van der Waals surface area contributed by atoms with Crippen LogP contribution in [-0.2, 0) is 6.54 Å². The topological polar surface area (TPSA) is 99.3 Å². The van der Waals surface area contributed by atoms with Gasteiger partial charge in [-0.1, -0.05) is 0 Å². The van der Waals surface area contributed by atoms with Crippen LogP contribution in [0.2, 0.25) is 0 Å². The van der Waals surface area contributed by atoms with Gasteiger partial charge in [0, 0.05) is 41.6 Å². The van der Waals surface area contributed by atoms with Crippen LogP contribution in [0, 0.1) is 0 Å². The number of nitrogens with zero attached hydrogens (tertiary/aromatic N) is 6. The molecule has 0 spiro atoms. The number of rotatable bonds is 5. The van der Waals surface area contributed by atoms with Gasteiger partial charge in [-0.15, -0.1) is 0 Å². The fourth-order valence-corrected chi connectivity index (χ4v) is 5.44. The third-order valence-corrected chi connectivity index (χ3v) is 7.21. The van der Waals surface area contributed by atoms with Crippen LogP contribution in [0.5, 0.6) is 0 Å². The van der Waals surface area contributed by atoms with Gasteiger partial charge in [0.1, 0.15) is 11.0 Å². The monoisotopic (exact) mass is 478 g/mol. The molecule has 7 rings (SSSR count). The van der Waals surface area contributed by atoms with Crippen LogP contribution < -0.4 is 0 Å². The minimum atomic E-state index is 0.668. The van der Waals surface area contributed by atoms with Crippen molar-refractivity contribution in [2.24, 2.45) is 0 Å². The summed E-state index contributed by atoms with van der Waals surface area (Å²) in [5, 5.41) is 11.8. The summed E-state index contributed by atoms with van der Waals surface area (Å²) in [7, 11) is 0. The van der Waals surface area contributed by atoms with Crippen LogP contribution in [0.4, 0.5) is 0 Å². The molecule has 35 heavy (non-hydrogen) atoms. The van der Waals surface area contributed by atoms with Crippen molar-refractivity contribution >= 4 is 33.4 Å². The van der Waals surface area contributed by atoms with Gasteiger partial charge in [-0.25, -0.2) is 9.97 Å². The summed E-state index contributed by atoms with van der Waals surface area (Å²) in [6, 6.07) is 10.2. The first-order valence-electron chi connectivity index (χ1n) is 11.7. The van der Waals surface area contributed by atoms with Gasteiger partial charge in [-0.2, -0.15) is 16.4 Å². The number of H-pyrrole nitrogens is 2. The predicted octanol–water partition coefficient (Wildman–Crippen LogP) is 5.28. The first-order valence-corrected chi connectivity index (χ1v) is 12.7. The Labute approximate surface area is 205 Å². The van der Waals surface area contributed by atoms with Gasteiger partial charge in [0.25, 0.3) is 0 Å². The van der Waals surface area contributed by atoms with Crippen molar-refractivity contribution in [2.45, 2.75) is 19.4 Å². The van der Waals surface area contributed by atoms with E-state index < -0.39 is 0 Å². The van der Waals surface area contributed by atoms with Crippen molar-refractivity contribution in [3.05, 3.63) is 65.2 Å². The number of fused-ring (bicyclic) bond motifs is 2. The van der Waals surface area contributed by atoms with Gasteiger partial charge in [-0.05, 0) is 67.2 Å². The van der Waals surface area contributed by atoms with Crippen molar-refractivity contribution < 1.29 is 0 Å². The van der Waals surface area contributed by atoms with Gasteiger partial charge >= 0.3 is 0 Å². The Hall–Kier alpha value is -3.95. The number of aromatic amines is 2. The maximum Gasteiger partial charge on any atom is 0.161 e. The van der Waals surface area contributed by atoms with E-state index in [0.29, 0.717) is 11.5 Å².